The van der Waals surface area contributed by atoms with Crippen molar-refractivity contribution in [3.63, 3.8) is 0 Å². The first-order valence-corrected chi connectivity index (χ1v) is 9.10. The van der Waals surface area contributed by atoms with Crippen LogP contribution in [0.25, 0.3) is 0 Å². The Hall–Kier alpha value is -3.64. The molecule has 0 aromatic heterocycles. The molecule has 0 fully saturated rings. The fourth-order valence-electron chi connectivity index (χ4n) is 3.18. The van der Waals surface area contributed by atoms with Gasteiger partial charge in [0.1, 0.15) is 5.75 Å². The number of rotatable bonds is 4. The Balaban J connectivity index is 1.63. The summed E-state index contributed by atoms with van der Waals surface area (Å²) in [4.78, 5) is 39.2. The lowest BCUT2D eigenvalue weighted by Crippen LogP contribution is -2.29. The van der Waals surface area contributed by atoms with Gasteiger partial charge in [0.15, 0.2) is 0 Å². The van der Waals surface area contributed by atoms with E-state index in [2.05, 4.69) is 5.32 Å². The largest absolute Gasteiger partial charge is 0.495 e. The van der Waals surface area contributed by atoms with Crippen LogP contribution in [0, 0.1) is 0 Å². The predicted molar refractivity (Wildman–Crippen MR) is 110 cm³/mol. The molecule has 29 heavy (non-hydrogen) atoms. The van der Waals surface area contributed by atoms with Crippen LogP contribution in [-0.4, -0.2) is 24.8 Å². The van der Waals surface area contributed by atoms with Crippen molar-refractivity contribution in [2.45, 2.75) is 0 Å². The summed E-state index contributed by atoms with van der Waals surface area (Å²) in [6.45, 7) is 0. The molecule has 6 nitrogen and oxygen atoms in total. The van der Waals surface area contributed by atoms with Crippen molar-refractivity contribution < 1.29 is 19.1 Å². The third-order valence-electron chi connectivity index (χ3n) is 4.57. The van der Waals surface area contributed by atoms with Gasteiger partial charge in [0, 0.05) is 10.6 Å². The summed E-state index contributed by atoms with van der Waals surface area (Å²) in [7, 11) is 1.49. The van der Waals surface area contributed by atoms with Crippen LogP contribution in [0.15, 0.2) is 66.7 Å². The number of nitrogens with zero attached hydrogens (tertiary/aromatic N) is 1. The van der Waals surface area contributed by atoms with Crippen LogP contribution in [0.3, 0.4) is 0 Å². The molecule has 0 aliphatic carbocycles. The molecule has 1 aliphatic heterocycles. The third kappa shape index (κ3) is 3.34. The van der Waals surface area contributed by atoms with Crippen LogP contribution in [0.1, 0.15) is 31.1 Å². The third-order valence-corrected chi connectivity index (χ3v) is 4.81. The maximum Gasteiger partial charge on any atom is 0.266 e. The molecular formula is C22H15ClN2O4. The van der Waals surface area contributed by atoms with Crippen LogP contribution in [0.2, 0.25) is 5.02 Å². The molecule has 1 heterocycles. The van der Waals surface area contributed by atoms with Gasteiger partial charge in [0.25, 0.3) is 17.7 Å². The highest BCUT2D eigenvalue weighted by Gasteiger charge is 2.36. The highest BCUT2D eigenvalue weighted by atomic mass is 35.5. The predicted octanol–water partition coefficient (Wildman–Crippen LogP) is 4.40. The van der Waals surface area contributed by atoms with Crippen LogP contribution in [0.5, 0.6) is 5.75 Å². The van der Waals surface area contributed by atoms with Crippen LogP contribution in [0.4, 0.5) is 11.4 Å². The number of imide groups is 1. The van der Waals surface area contributed by atoms with Gasteiger partial charge < -0.3 is 10.1 Å². The zero-order valence-electron chi connectivity index (χ0n) is 15.3. The topological polar surface area (TPSA) is 75.7 Å². The number of methoxy groups -OCH3 is 1. The van der Waals surface area contributed by atoms with Gasteiger partial charge in [-0.1, -0.05) is 29.8 Å². The van der Waals surface area contributed by atoms with Gasteiger partial charge in [-0.25, -0.2) is 4.90 Å². The summed E-state index contributed by atoms with van der Waals surface area (Å²) < 4.78 is 5.24. The van der Waals surface area contributed by atoms with Crippen molar-refractivity contribution in [1.82, 2.24) is 0 Å². The van der Waals surface area contributed by atoms with Crippen LogP contribution >= 0.6 is 11.6 Å². The summed E-state index contributed by atoms with van der Waals surface area (Å²) in [5.74, 6) is -0.803. The number of carbonyl (C=O) groups is 3. The van der Waals surface area contributed by atoms with Crippen molar-refractivity contribution in [1.29, 1.82) is 0 Å². The fraction of sp³-hybridized carbons (Fsp3) is 0.0455. The summed E-state index contributed by atoms with van der Waals surface area (Å²) in [5.41, 5.74) is 1.70. The average molecular weight is 407 g/mol. The average Bonchev–Trinajstić information content (AvgIpc) is 2.99. The lowest BCUT2D eigenvalue weighted by molar-refractivity contribution is 0.0924. The first-order valence-electron chi connectivity index (χ1n) is 8.72. The minimum Gasteiger partial charge on any atom is -0.495 e. The summed E-state index contributed by atoms with van der Waals surface area (Å²) >= 11 is 6.00. The Morgan fingerprint density at radius 1 is 0.931 bits per heavy atom. The lowest BCUT2D eigenvalue weighted by Gasteiger charge is -2.15. The molecule has 0 saturated carbocycles. The highest BCUT2D eigenvalue weighted by Crippen LogP contribution is 2.30. The van der Waals surface area contributed by atoms with E-state index < -0.39 is 17.7 Å². The molecule has 1 aliphatic rings. The summed E-state index contributed by atoms with van der Waals surface area (Å²) in [6.07, 6.45) is 0. The van der Waals surface area contributed by atoms with Gasteiger partial charge >= 0.3 is 0 Å². The number of hydrogen-bond acceptors (Lipinski definition) is 4. The van der Waals surface area contributed by atoms with Gasteiger partial charge in [-0.3, -0.25) is 14.4 Å². The smallest absolute Gasteiger partial charge is 0.266 e. The molecule has 3 aromatic carbocycles. The van der Waals surface area contributed by atoms with Gasteiger partial charge in [0.2, 0.25) is 0 Å². The molecule has 3 aromatic rings. The zero-order valence-corrected chi connectivity index (χ0v) is 16.1. The Kier molecular flexibility index (Phi) is 4.78. The number of benzene rings is 3. The number of nitrogens with one attached hydrogen (secondary N) is 1. The Bertz CT molecular complexity index is 1120. The van der Waals surface area contributed by atoms with E-state index in [1.54, 1.807) is 60.7 Å². The first kappa shape index (κ1) is 18.7. The van der Waals surface area contributed by atoms with Crippen molar-refractivity contribution in [3.8, 4) is 5.75 Å². The van der Waals surface area contributed by atoms with Gasteiger partial charge in [-0.2, -0.15) is 0 Å². The Morgan fingerprint density at radius 2 is 1.62 bits per heavy atom. The molecule has 0 atom stereocenters. The summed E-state index contributed by atoms with van der Waals surface area (Å²) in [6, 6.07) is 17.8. The second-order valence-electron chi connectivity index (χ2n) is 6.34. The minimum atomic E-state index is -0.427. The molecule has 0 unspecified atom stereocenters. The highest BCUT2D eigenvalue weighted by molar-refractivity contribution is 6.34. The molecule has 7 heteroatoms. The molecule has 3 amide bonds. The molecule has 0 spiro atoms. The second kappa shape index (κ2) is 7.41. The second-order valence-corrected chi connectivity index (χ2v) is 6.78. The van der Waals surface area contributed by atoms with Gasteiger partial charge in [-0.05, 0) is 48.5 Å². The van der Waals surface area contributed by atoms with E-state index in [1.807, 2.05) is 0 Å². The number of carbonyl (C=O) groups excluding carboxylic acids is 3. The quantitative estimate of drug-likeness (QED) is 0.651. The molecular weight excluding hydrogens is 392 g/mol. The first-order chi connectivity index (χ1) is 14.0. The SMILES string of the molecule is COc1ccc(Cl)cc1NC(=O)c1cccc(N2C(=O)c3ccccc3C2=O)c1. The lowest BCUT2D eigenvalue weighted by atomic mass is 10.1. The number of fused-ring (bicyclic) bond motifs is 1. The van der Waals surface area contributed by atoms with E-state index in [0.29, 0.717) is 33.3 Å². The van der Waals surface area contributed by atoms with Crippen molar-refractivity contribution in [2.24, 2.45) is 0 Å². The maximum atomic E-state index is 12.7. The number of ether oxygens (including phenoxy) is 1. The zero-order chi connectivity index (χ0) is 20.5. The normalized spacial score (nSPS) is 12.7. The molecule has 4 rings (SSSR count). The Labute approximate surface area is 171 Å². The van der Waals surface area contributed by atoms with E-state index in [-0.39, 0.29) is 5.56 Å². The van der Waals surface area contributed by atoms with E-state index >= 15 is 0 Å². The van der Waals surface area contributed by atoms with E-state index in [4.69, 9.17) is 16.3 Å². The summed E-state index contributed by atoms with van der Waals surface area (Å²) in [5, 5.41) is 3.18. The molecule has 0 saturated heterocycles. The van der Waals surface area contributed by atoms with Crippen molar-refractivity contribution in [2.75, 3.05) is 17.3 Å². The van der Waals surface area contributed by atoms with E-state index in [0.717, 1.165) is 4.90 Å². The van der Waals surface area contributed by atoms with Gasteiger partial charge in [0.05, 0.1) is 29.6 Å². The number of hydrogen-bond donors (Lipinski definition) is 1. The Morgan fingerprint density at radius 3 is 2.28 bits per heavy atom. The maximum absolute atomic E-state index is 12.7. The monoisotopic (exact) mass is 406 g/mol. The molecule has 1 N–H and O–H groups in total. The standard InChI is InChI=1S/C22H15ClN2O4/c1-29-19-10-9-14(23)12-18(19)24-20(26)13-5-4-6-15(11-13)25-21(27)16-7-2-3-8-17(16)22(25)28/h2-12H,1H3,(H,24,26). The molecule has 144 valence electrons. The minimum absolute atomic E-state index is 0.279. The van der Waals surface area contributed by atoms with E-state index in [9.17, 15) is 14.4 Å². The fourth-order valence-corrected chi connectivity index (χ4v) is 3.35. The van der Waals surface area contributed by atoms with Crippen LogP contribution < -0.4 is 15.0 Å². The molecule has 0 radical (unpaired) electrons. The van der Waals surface area contributed by atoms with Gasteiger partial charge in [-0.15, -0.1) is 0 Å². The van der Waals surface area contributed by atoms with Crippen molar-refractivity contribution in [3.05, 3.63) is 88.4 Å². The number of amides is 3. The number of halogens is 1. The molecule has 0 bridgehead atoms. The number of anilines is 2. The van der Waals surface area contributed by atoms with E-state index in [1.165, 1.54) is 13.2 Å². The van der Waals surface area contributed by atoms with Crippen LogP contribution in [-0.2, 0) is 0 Å². The van der Waals surface area contributed by atoms with Crippen molar-refractivity contribution >= 4 is 40.7 Å².